The van der Waals surface area contributed by atoms with E-state index in [0.717, 1.165) is 18.4 Å². The van der Waals surface area contributed by atoms with E-state index in [-0.39, 0.29) is 5.91 Å². The highest BCUT2D eigenvalue weighted by Crippen LogP contribution is 2.24. The minimum Gasteiger partial charge on any atom is -0.491 e. The summed E-state index contributed by atoms with van der Waals surface area (Å²) in [6.45, 7) is 4.81. The second kappa shape index (κ2) is 8.79. The van der Waals surface area contributed by atoms with Gasteiger partial charge in [-0.2, -0.15) is 0 Å². The molecule has 0 aliphatic heterocycles. The minimum atomic E-state index is -0.169. The molecule has 120 valence electrons. The summed E-state index contributed by atoms with van der Waals surface area (Å²) in [6, 6.07) is 15.5. The zero-order valence-corrected chi connectivity index (χ0v) is 13.7. The fraction of sp³-hybridized carbons (Fsp3) is 0.250. The van der Waals surface area contributed by atoms with Gasteiger partial charge < -0.3 is 10.1 Å². The molecule has 0 aliphatic rings. The number of carbonyl (C=O) groups is 1. The summed E-state index contributed by atoms with van der Waals surface area (Å²) >= 11 is 0. The highest BCUT2D eigenvalue weighted by atomic mass is 16.5. The molecule has 0 saturated carbocycles. The predicted octanol–water partition coefficient (Wildman–Crippen LogP) is 4.83. The number of nitrogens with one attached hydrogen (secondary N) is 1. The van der Waals surface area contributed by atoms with Gasteiger partial charge in [0, 0.05) is 6.08 Å². The van der Waals surface area contributed by atoms with Gasteiger partial charge in [-0.05, 0) is 37.1 Å². The predicted molar refractivity (Wildman–Crippen MR) is 95.7 cm³/mol. The maximum Gasteiger partial charge on any atom is 0.248 e. The largest absolute Gasteiger partial charge is 0.491 e. The van der Waals surface area contributed by atoms with Crippen LogP contribution in [0, 0.1) is 6.92 Å². The zero-order valence-electron chi connectivity index (χ0n) is 13.7. The number of ether oxygens (including phenoxy) is 1. The van der Waals surface area contributed by atoms with Crippen LogP contribution in [0.3, 0.4) is 0 Å². The molecular formula is C20H23NO2. The topological polar surface area (TPSA) is 38.3 Å². The van der Waals surface area contributed by atoms with E-state index < -0.39 is 0 Å². The second-order valence-electron chi connectivity index (χ2n) is 5.43. The van der Waals surface area contributed by atoms with Crippen LogP contribution in [0.4, 0.5) is 5.69 Å². The third-order valence-electron chi connectivity index (χ3n) is 3.40. The molecule has 0 heterocycles. The Morgan fingerprint density at radius 3 is 2.61 bits per heavy atom. The first-order valence-corrected chi connectivity index (χ1v) is 7.96. The molecule has 1 amide bonds. The monoisotopic (exact) mass is 309 g/mol. The average molecular weight is 309 g/mol. The van der Waals surface area contributed by atoms with E-state index in [2.05, 4.69) is 12.2 Å². The minimum absolute atomic E-state index is 0.169. The van der Waals surface area contributed by atoms with Crippen LogP contribution in [0.2, 0.25) is 0 Å². The number of amides is 1. The van der Waals surface area contributed by atoms with Crippen LogP contribution in [-0.2, 0) is 4.79 Å². The highest BCUT2D eigenvalue weighted by Gasteiger charge is 2.05. The standard InChI is InChI=1S/C20H23NO2/c1-3-4-15-23-19-8-6-5-7-18(19)21-20(22)14-13-17-11-9-16(2)10-12-17/h5-14H,3-4,15H2,1-2H3,(H,21,22). The molecule has 0 radical (unpaired) electrons. The summed E-state index contributed by atoms with van der Waals surface area (Å²) in [5, 5.41) is 2.87. The Morgan fingerprint density at radius 1 is 1.13 bits per heavy atom. The number of rotatable bonds is 7. The number of benzene rings is 2. The van der Waals surface area contributed by atoms with Crippen LogP contribution in [0.15, 0.2) is 54.6 Å². The van der Waals surface area contributed by atoms with Crippen molar-refractivity contribution >= 4 is 17.7 Å². The van der Waals surface area contributed by atoms with Gasteiger partial charge in [-0.25, -0.2) is 0 Å². The number of aryl methyl sites for hydroxylation is 1. The molecule has 0 atom stereocenters. The van der Waals surface area contributed by atoms with Crippen molar-refractivity contribution in [2.75, 3.05) is 11.9 Å². The number of carbonyl (C=O) groups excluding carboxylic acids is 1. The van der Waals surface area contributed by atoms with Crippen molar-refractivity contribution in [2.24, 2.45) is 0 Å². The fourth-order valence-corrected chi connectivity index (χ4v) is 2.05. The van der Waals surface area contributed by atoms with Crippen LogP contribution < -0.4 is 10.1 Å². The van der Waals surface area contributed by atoms with Gasteiger partial charge in [0.25, 0.3) is 0 Å². The summed E-state index contributed by atoms with van der Waals surface area (Å²) in [6.07, 6.45) is 5.41. The van der Waals surface area contributed by atoms with Crippen LogP contribution in [0.5, 0.6) is 5.75 Å². The molecule has 3 heteroatoms. The van der Waals surface area contributed by atoms with Gasteiger partial charge in [0.1, 0.15) is 5.75 Å². The lowest BCUT2D eigenvalue weighted by molar-refractivity contribution is -0.111. The summed E-state index contributed by atoms with van der Waals surface area (Å²) in [5.74, 6) is 0.537. The Balaban J connectivity index is 1.98. The van der Waals surface area contributed by atoms with Crippen molar-refractivity contribution in [3.63, 3.8) is 0 Å². The lowest BCUT2D eigenvalue weighted by Gasteiger charge is -2.11. The van der Waals surface area contributed by atoms with Gasteiger partial charge in [0.15, 0.2) is 0 Å². The molecular weight excluding hydrogens is 286 g/mol. The molecule has 0 aliphatic carbocycles. The van der Waals surface area contributed by atoms with Crippen LogP contribution >= 0.6 is 0 Å². The quantitative estimate of drug-likeness (QED) is 0.588. The Morgan fingerprint density at radius 2 is 1.87 bits per heavy atom. The van der Waals surface area contributed by atoms with Crippen molar-refractivity contribution in [2.45, 2.75) is 26.7 Å². The summed E-state index contributed by atoms with van der Waals surface area (Å²) in [7, 11) is 0. The maximum atomic E-state index is 12.1. The van der Waals surface area contributed by atoms with Crippen molar-refractivity contribution in [1.82, 2.24) is 0 Å². The molecule has 0 unspecified atom stereocenters. The van der Waals surface area contributed by atoms with E-state index in [1.165, 1.54) is 11.6 Å². The first-order valence-electron chi connectivity index (χ1n) is 7.96. The molecule has 2 aromatic carbocycles. The van der Waals surface area contributed by atoms with Gasteiger partial charge in [-0.3, -0.25) is 4.79 Å². The zero-order chi connectivity index (χ0) is 16.5. The molecule has 2 aromatic rings. The Kier molecular flexibility index (Phi) is 6.42. The third kappa shape index (κ3) is 5.62. The SMILES string of the molecule is CCCCOc1ccccc1NC(=O)C=Cc1ccc(C)cc1. The van der Waals surface area contributed by atoms with Crippen LogP contribution in [0.25, 0.3) is 6.08 Å². The lowest BCUT2D eigenvalue weighted by atomic mass is 10.1. The molecule has 0 fully saturated rings. The average Bonchev–Trinajstić information content (AvgIpc) is 2.56. The summed E-state index contributed by atoms with van der Waals surface area (Å²) < 4.78 is 5.72. The number of hydrogen-bond acceptors (Lipinski definition) is 2. The van der Waals surface area contributed by atoms with E-state index in [1.807, 2.05) is 55.5 Å². The van der Waals surface area contributed by atoms with Gasteiger partial charge >= 0.3 is 0 Å². The smallest absolute Gasteiger partial charge is 0.248 e. The number of para-hydroxylation sites is 2. The molecule has 0 saturated heterocycles. The van der Waals surface area contributed by atoms with Crippen molar-refractivity contribution in [1.29, 1.82) is 0 Å². The molecule has 2 rings (SSSR count). The van der Waals surface area contributed by atoms with Crippen molar-refractivity contribution in [3.8, 4) is 5.75 Å². The Hall–Kier alpha value is -2.55. The summed E-state index contributed by atoms with van der Waals surface area (Å²) in [5.41, 5.74) is 2.89. The Bertz CT molecular complexity index is 660. The third-order valence-corrected chi connectivity index (χ3v) is 3.40. The molecule has 0 spiro atoms. The maximum absolute atomic E-state index is 12.1. The molecule has 1 N–H and O–H groups in total. The van der Waals surface area contributed by atoms with Gasteiger partial charge in [-0.1, -0.05) is 55.3 Å². The number of hydrogen-bond donors (Lipinski definition) is 1. The van der Waals surface area contributed by atoms with Crippen LogP contribution in [0.1, 0.15) is 30.9 Å². The molecule has 0 aromatic heterocycles. The van der Waals surface area contributed by atoms with Gasteiger partial charge in [-0.15, -0.1) is 0 Å². The van der Waals surface area contributed by atoms with Gasteiger partial charge in [0.05, 0.1) is 12.3 Å². The normalized spacial score (nSPS) is 10.7. The van der Waals surface area contributed by atoms with E-state index in [4.69, 9.17) is 4.74 Å². The van der Waals surface area contributed by atoms with Crippen molar-refractivity contribution < 1.29 is 9.53 Å². The van der Waals surface area contributed by atoms with E-state index in [1.54, 1.807) is 6.08 Å². The van der Waals surface area contributed by atoms with Crippen LogP contribution in [-0.4, -0.2) is 12.5 Å². The summed E-state index contributed by atoms with van der Waals surface area (Å²) in [4.78, 5) is 12.1. The van der Waals surface area contributed by atoms with E-state index >= 15 is 0 Å². The second-order valence-corrected chi connectivity index (χ2v) is 5.43. The lowest BCUT2D eigenvalue weighted by Crippen LogP contribution is -2.09. The van der Waals surface area contributed by atoms with Crippen molar-refractivity contribution in [3.05, 3.63) is 65.7 Å². The Labute approximate surface area is 138 Å². The fourth-order valence-electron chi connectivity index (χ4n) is 2.05. The number of anilines is 1. The van der Waals surface area contributed by atoms with Gasteiger partial charge in [0.2, 0.25) is 5.91 Å². The molecule has 3 nitrogen and oxygen atoms in total. The molecule has 23 heavy (non-hydrogen) atoms. The molecule has 0 bridgehead atoms. The first kappa shape index (κ1) is 16.8. The highest BCUT2D eigenvalue weighted by molar-refractivity contribution is 6.02. The van der Waals surface area contributed by atoms with E-state index in [9.17, 15) is 4.79 Å². The van der Waals surface area contributed by atoms with E-state index in [0.29, 0.717) is 18.0 Å². The number of unbranched alkanes of at least 4 members (excludes halogenated alkanes) is 1. The first-order chi connectivity index (χ1) is 11.2.